The van der Waals surface area contributed by atoms with Crippen molar-refractivity contribution in [3.63, 3.8) is 0 Å². The lowest BCUT2D eigenvalue weighted by molar-refractivity contribution is 0.0530. The molecule has 0 bridgehead atoms. The van der Waals surface area contributed by atoms with E-state index in [9.17, 15) is 4.79 Å². The molecule has 0 fully saturated rings. The van der Waals surface area contributed by atoms with Crippen LogP contribution in [-0.2, 0) is 4.74 Å². The summed E-state index contributed by atoms with van der Waals surface area (Å²) in [6.07, 6.45) is -0.387. The Morgan fingerprint density at radius 2 is 1.50 bits per heavy atom. The number of hydrogen-bond acceptors (Lipinski definition) is 2. The van der Waals surface area contributed by atoms with Crippen LogP contribution in [0, 0.1) is 13.8 Å². The van der Waals surface area contributed by atoms with E-state index in [-0.39, 0.29) is 6.09 Å². The fraction of sp³-hybridized carbons (Fsp3) is 0.545. The zero-order valence-electron chi connectivity index (χ0n) is 10.0. The minimum absolute atomic E-state index is 0.387. The highest BCUT2D eigenvalue weighted by molar-refractivity contribution is 9.11. The highest BCUT2D eigenvalue weighted by Gasteiger charge is 2.24. The van der Waals surface area contributed by atoms with E-state index >= 15 is 0 Å². The Morgan fingerprint density at radius 1 is 1.12 bits per heavy atom. The summed E-state index contributed by atoms with van der Waals surface area (Å²) >= 11 is 6.78. The van der Waals surface area contributed by atoms with Gasteiger partial charge in [0.05, 0.1) is 9.21 Å². The van der Waals surface area contributed by atoms with Gasteiger partial charge < -0.3 is 4.74 Å². The SMILES string of the molecule is Cc1c(C)c(Br)n(C(=O)OC(C)(C)C)c1Br. The molecule has 0 saturated carbocycles. The zero-order valence-corrected chi connectivity index (χ0v) is 13.2. The second-order valence-electron chi connectivity index (χ2n) is 4.65. The van der Waals surface area contributed by atoms with Crippen molar-refractivity contribution in [1.82, 2.24) is 4.57 Å². The van der Waals surface area contributed by atoms with Crippen molar-refractivity contribution in [1.29, 1.82) is 0 Å². The summed E-state index contributed by atoms with van der Waals surface area (Å²) in [5, 5.41) is 0. The van der Waals surface area contributed by atoms with E-state index in [0.29, 0.717) is 0 Å². The van der Waals surface area contributed by atoms with E-state index in [0.717, 1.165) is 20.3 Å². The normalized spacial score (nSPS) is 11.7. The minimum Gasteiger partial charge on any atom is -0.443 e. The molecule has 1 aromatic heterocycles. The van der Waals surface area contributed by atoms with Crippen molar-refractivity contribution in [2.75, 3.05) is 0 Å². The van der Waals surface area contributed by atoms with Crippen LogP contribution in [0.5, 0.6) is 0 Å². The second kappa shape index (κ2) is 4.53. The lowest BCUT2D eigenvalue weighted by Gasteiger charge is -2.20. The first-order valence-corrected chi connectivity index (χ1v) is 6.50. The van der Waals surface area contributed by atoms with Crippen molar-refractivity contribution < 1.29 is 9.53 Å². The molecule has 0 N–H and O–H groups in total. The van der Waals surface area contributed by atoms with Gasteiger partial charge in [0.25, 0.3) is 0 Å². The van der Waals surface area contributed by atoms with Crippen LogP contribution in [0.4, 0.5) is 4.79 Å². The third-order valence-corrected chi connectivity index (χ3v) is 4.05. The van der Waals surface area contributed by atoms with Gasteiger partial charge in [0, 0.05) is 0 Å². The first-order chi connectivity index (χ1) is 7.15. The number of ether oxygens (including phenoxy) is 1. The topological polar surface area (TPSA) is 31.2 Å². The molecule has 3 nitrogen and oxygen atoms in total. The van der Waals surface area contributed by atoms with Crippen molar-refractivity contribution in [3.8, 4) is 0 Å². The molecule has 5 heteroatoms. The Morgan fingerprint density at radius 3 is 1.81 bits per heavy atom. The summed E-state index contributed by atoms with van der Waals surface area (Å²) in [7, 11) is 0. The predicted octanol–water partition coefficient (Wildman–Crippen LogP) is 4.41. The molecule has 0 saturated heterocycles. The van der Waals surface area contributed by atoms with E-state index in [1.807, 2.05) is 34.6 Å². The summed E-state index contributed by atoms with van der Waals surface area (Å²) in [5.41, 5.74) is 1.55. The maximum absolute atomic E-state index is 11.9. The number of aromatic nitrogens is 1. The zero-order chi connectivity index (χ0) is 12.7. The summed E-state index contributed by atoms with van der Waals surface area (Å²) in [6.45, 7) is 9.43. The van der Waals surface area contributed by atoms with Crippen LogP contribution in [-0.4, -0.2) is 16.3 Å². The Bertz CT molecular complexity index is 405. The molecule has 1 aromatic rings. The first kappa shape index (κ1) is 13.8. The van der Waals surface area contributed by atoms with Gasteiger partial charge in [-0.05, 0) is 77.6 Å². The second-order valence-corrected chi connectivity index (χ2v) is 6.15. The Balaban J connectivity index is 3.15. The maximum atomic E-state index is 11.9. The highest BCUT2D eigenvalue weighted by atomic mass is 79.9. The van der Waals surface area contributed by atoms with Gasteiger partial charge in [-0.3, -0.25) is 0 Å². The molecule has 90 valence electrons. The summed E-state index contributed by atoms with van der Waals surface area (Å²) < 4.78 is 8.26. The van der Waals surface area contributed by atoms with Crippen molar-refractivity contribution >= 4 is 38.0 Å². The molecule has 0 amide bonds. The van der Waals surface area contributed by atoms with Gasteiger partial charge in [0.15, 0.2) is 0 Å². The molecule has 0 atom stereocenters. The number of nitrogens with zero attached hydrogens (tertiary/aromatic N) is 1. The maximum Gasteiger partial charge on any atom is 0.420 e. The molecule has 0 aromatic carbocycles. The number of carbonyl (C=O) groups excluding carboxylic acids is 1. The fourth-order valence-electron chi connectivity index (χ4n) is 1.20. The van der Waals surface area contributed by atoms with Gasteiger partial charge in [0.2, 0.25) is 0 Å². The van der Waals surface area contributed by atoms with Crippen LogP contribution < -0.4 is 0 Å². The Kier molecular flexibility index (Phi) is 3.90. The van der Waals surface area contributed by atoms with Crippen molar-refractivity contribution in [3.05, 3.63) is 20.3 Å². The van der Waals surface area contributed by atoms with E-state index in [4.69, 9.17) is 4.74 Å². The van der Waals surface area contributed by atoms with Crippen LogP contribution in [0.3, 0.4) is 0 Å². The predicted molar refractivity (Wildman–Crippen MR) is 70.9 cm³/mol. The van der Waals surface area contributed by atoms with E-state index < -0.39 is 5.60 Å². The van der Waals surface area contributed by atoms with Crippen LogP contribution >= 0.6 is 31.9 Å². The number of hydrogen-bond donors (Lipinski definition) is 0. The molecule has 0 aliphatic heterocycles. The molecular formula is C11H15Br2NO2. The average molecular weight is 353 g/mol. The summed E-state index contributed by atoms with van der Waals surface area (Å²) in [6, 6.07) is 0. The lowest BCUT2D eigenvalue weighted by Crippen LogP contribution is -2.27. The number of carbonyl (C=O) groups is 1. The van der Waals surface area contributed by atoms with Crippen LogP contribution in [0.1, 0.15) is 31.9 Å². The molecule has 0 aliphatic carbocycles. The van der Waals surface area contributed by atoms with Gasteiger partial charge >= 0.3 is 6.09 Å². The molecule has 1 rings (SSSR count). The van der Waals surface area contributed by atoms with E-state index in [1.54, 1.807) is 0 Å². The largest absolute Gasteiger partial charge is 0.443 e. The molecule has 0 aliphatic rings. The number of rotatable bonds is 0. The van der Waals surface area contributed by atoms with Gasteiger partial charge in [-0.1, -0.05) is 0 Å². The highest BCUT2D eigenvalue weighted by Crippen LogP contribution is 2.31. The van der Waals surface area contributed by atoms with Crippen LogP contribution in [0.2, 0.25) is 0 Å². The average Bonchev–Trinajstić information content (AvgIpc) is 2.28. The Hall–Kier alpha value is -0.290. The smallest absolute Gasteiger partial charge is 0.420 e. The minimum atomic E-state index is -0.498. The van der Waals surface area contributed by atoms with Gasteiger partial charge in [-0.2, -0.15) is 0 Å². The van der Waals surface area contributed by atoms with E-state index in [2.05, 4.69) is 31.9 Å². The molecule has 16 heavy (non-hydrogen) atoms. The molecular weight excluding hydrogens is 338 g/mol. The first-order valence-electron chi connectivity index (χ1n) is 4.91. The van der Waals surface area contributed by atoms with Gasteiger partial charge in [0.1, 0.15) is 5.60 Å². The number of halogens is 2. The third-order valence-electron chi connectivity index (χ3n) is 2.15. The monoisotopic (exact) mass is 351 g/mol. The van der Waals surface area contributed by atoms with Crippen molar-refractivity contribution in [2.24, 2.45) is 0 Å². The van der Waals surface area contributed by atoms with Crippen LogP contribution in [0.25, 0.3) is 0 Å². The molecule has 1 heterocycles. The molecule has 0 unspecified atom stereocenters. The quantitative estimate of drug-likeness (QED) is 0.692. The standard InChI is InChI=1S/C11H15Br2NO2/c1-6-7(2)9(13)14(8(6)12)10(15)16-11(3,4)5/h1-5H3. The summed E-state index contributed by atoms with van der Waals surface area (Å²) in [4.78, 5) is 11.9. The summed E-state index contributed by atoms with van der Waals surface area (Å²) in [5.74, 6) is 0. The van der Waals surface area contributed by atoms with E-state index in [1.165, 1.54) is 4.57 Å². The Labute approximate surface area is 112 Å². The van der Waals surface area contributed by atoms with Gasteiger partial charge in [-0.25, -0.2) is 9.36 Å². The van der Waals surface area contributed by atoms with Crippen molar-refractivity contribution in [2.45, 2.75) is 40.2 Å². The fourth-order valence-corrected chi connectivity index (χ4v) is 2.68. The van der Waals surface area contributed by atoms with Gasteiger partial charge in [-0.15, -0.1) is 0 Å². The molecule has 0 spiro atoms. The molecule has 0 radical (unpaired) electrons. The van der Waals surface area contributed by atoms with Crippen LogP contribution in [0.15, 0.2) is 9.21 Å². The third kappa shape index (κ3) is 2.69. The lowest BCUT2D eigenvalue weighted by atomic mass is 10.2.